The highest BCUT2D eigenvalue weighted by Gasteiger charge is 2.02. The highest BCUT2D eigenvalue weighted by atomic mass is 33.1. The number of hydrogen-bond acceptors (Lipinski definition) is 4. The summed E-state index contributed by atoms with van der Waals surface area (Å²) in [6, 6.07) is 6.16. The first-order chi connectivity index (χ1) is 8.58. The first-order valence-electron chi connectivity index (χ1n) is 5.91. The van der Waals surface area contributed by atoms with Crippen molar-refractivity contribution < 1.29 is 0 Å². The van der Waals surface area contributed by atoms with Crippen molar-refractivity contribution in [2.24, 2.45) is 11.7 Å². The number of nitrogens with zero attached hydrogens (tertiary/aromatic N) is 1. The smallest absolute Gasteiger partial charge is 0.185 e. The van der Waals surface area contributed by atoms with E-state index in [-0.39, 0.29) is 5.96 Å². The van der Waals surface area contributed by atoms with Crippen molar-refractivity contribution in [3.05, 3.63) is 23.9 Å². The molecule has 0 amide bonds. The molecular formula is C12H20N4S2. The molecule has 4 nitrogen and oxygen atoms in total. The van der Waals surface area contributed by atoms with Gasteiger partial charge in [-0.15, -0.1) is 0 Å². The lowest BCUT2D eigenvalue weighted by molar-refractivity contribution is 0.631. The average molecular weight is 284 g/mol. The van der Waals surface area contributed by atoms with Gasteiger partial charge in [-0.1, -0.05) is 30.7 Å². The second kappa shape index (κ2) is 8.26. The summed E-state index contributed by atoms with van der Waals surface area (Å²) >= 11 is 0. The predicted octanol–water partition coefficient (Wildman–Crippen LogP) is 2.50. The topological polar surface area (TPSA) is 74.8 Å². The Hall–Kier alpha value is -0.880. The lowest BCUT2D eigenvalue weighted by Crippen LogP contribution is -2.31. The minimum atomic E-state index is 0.0256. The summed E-state index contributed by atoms with van der Waals surface area (Å²) in [6.45, 7) is 5.10. The predicted molar refractivity (Wildman–Crippen MR) is 81.0 cm³/mol. The van der Waals surface area contributed by atoms with Gasteiger partial charge in [-0.05, 0) is 35.3 Å². The minimum absolute atomic E-state index is 0.0256. The van der Waals surface area contributed by atoms with E-state index < -0.39 is 0 Å². The molecule has 0 aromatic carbocycles. The highest BCUT2D eigenvalue weighted by Crippen LogP contribution is 2.29. The number of nitrogens with two attached hydrogens (primary N) is 1. The zero-order chi connectivity index (χ0) is 13.4. The Bertz CT molecular complexity index is 382. The molecule has 0 aliphatic rings. The average Bonchev–Trinajstić information content (AvgIpc) is 2.27. The van der Waals surface area contributed by atoms with Crippen molar-refractivity contribution in [2.75, 3.05) is 12.3 Å². The summed E-state index contributed by atoms with van der Waals surface area (Å²) < 4.78 is 0. The summed E-state index contributed by atoms with van der Waals surface area (Å²) in [7, 11) is 3.38. The highest BCUT2D eigenvalue weighted by molar-refractivity contribution is 8.76. The van der Waals surface area contributed by atoms with Crippen LogP contribution in [0.4, 0.5) is 0 Å². The van der Waals surface area contributed by atoms with Crippen molar-refractivity contribution in [3.8, 4) is 0 Å². The van der Waals surface area contributed by atoms with Gasteiger partial charge in [0.15, 0.2) is 5.96 Å². The number of pyridine rings is 1. The maximum Gasteiger partial charge on any atom is 0.185 e. The molecule has 0 aliphatic heterocycles. The van der Waals surface area contributed by atoms with Crippen molar-refractivity contribution in [2.45, 2.75) is 25.3 Å². The number of guanidine groups is 1. The number of rotatable bonds is 7. The van der Waals surface area contributed by atoms with E-state index in [1.165, 1.54) is 0 Å². The first-order valence-corrected chi connectivity index (χ1v) is 8.23. The molecule has 0 radical (unpaired) electrons. The molecule has 0 spiro atoms. The Morgan fingerprint density at radius 1 is 1.50 bits per heavy atom. The van der Waals surface area contributed by atoms with E-state index in [0.29, 0.717) is 12.5 Å². The maximum atomic E-state index is 7.03. The molecule has 0 unspecified atom stereocenters. The zero-order valence-corrected chi connectivity index (χ0v) is 12.4. The fourth-order valence-corrected chi connectivity index (χ4v) is 3.18. The Morgan fingerprint density at radius 2 is 2.28 bits per heavy atom. The summed E-state index contributed by atoms with van der Waals surface area (Å²) in [4.78, 5) is 4.60. The molecule has 0 saturated carbocycles. The van der Waals surface area contributed by atoms with E-state index in [1.54, 1.807) is 21.6 Å². The van der Waals surface area contributed by atoms with Crippen molar-refractivity contribution >= 4 is 27.5 Å². The monoisotopic (exact) mass is 284 g/mol. The Morgan fingerprint density at radius 3 is 2.94 bits per heavy atom. The second-order valence-corrected chi connectivity index (χ2v) is 6.75. The molecule has 18 heavy (non-hydrogen) atoms. The molecule has 0 bridgehead atoms. The molecule has 0 fully saturated rings. The van der Waals surface area contributed by atoms with Crippen molar-refractivity contribution in [1.29, 1.82) is 5.41 Å². The van der Waals surface area contributed by atoms with E-state index in [1.807, 2.05) is 6.07 Å². The number of nitrogens with one attached hydrogen (secondary N) is 2. The van der Waals surface area contributed by atoms with Crippen LogP contribution >= 0.6 is 21.6 Å². The van der Waals surface area contributed by atoms with Crippen LogP contribution in [-0.4, -0.2) is 23.2 Å². The molecule has 0 aliphatic carbocycles. The largest absolute Gasteiger partial charge is 0.370 e. The van der Waals surface area contributed by atoms with Gasteiger partial charge in [0.05, 0.1) is 0 Å². The Labute approximate surface area is 116 Å². The zero-order valence-electron chi connectivity index (χ0n) is 10.8. The van der Waals surface area contributed by atoms with Gasteiger partial charge in [-0.2, -0.15) is 0 Å². The summed E-state index contributed by atoms with van der Waals surface area (Å²) in [5, 5.41) is 10.8. The van der Waals surface area contributed by atoms with Gasteiger partial charge >= 0.3 is 0 Å². The quantitative estimate of drug-likeness (QED) is 0.310. The fraction of sp³-hybridized carbons (Fsp3) is 0.500. The lowest BCUT2D eigenvalue weighted by Gasteiger charge is -2.06. The van der Waals surface area contributed by atoms with E-state index in [2.05, 4.69) is 36.3 Å². The van der Waals surface area contributed by atoms with Gasteiger partial charge < -0.3 is 11.1 Å². The summed E-state index contributed by atoms with van der Waals surface area (Å²) in [6.07, 6.45) is 1.02. The molecule has 4 N–H and O–H groups in total. The number of aromatic nitrogens is 1. The standard InChI is InChI=1S/C12H20N4S2/c1-9(2)8-10-4-3-5-11(16-10)18-17-7-6-15-12(13)14/h3-5,9H,6-8H2,1-2H3,(H4,13,14,15). The Kier molecular flexibility index (Phi) is 6.97. The van der Waals surface area contributed by atoms with Crippen LogP contribution in [0.15, 0.2) is 23.2 Å². The fourth-order valence-electron chi connectivity index (χ4n) is 1.37. The van der Waals surface area contributed by atoms with Gasteiger partial charge in [-0.3, -0.25) is 5.41 Å². The summed E-state index contributed by atoms with van der Waals surface area (Å²) in [5.74, 6) is 1.54. The second-order valence-electron chi connectivity index (χ2n) is 4.31. The molecule has 0 saturated heterocycles. The third-order valence-electron chi connectivity index (χ3n) is 2.04. The Balaban J connectivity index is 2.31. The molecule has 1 heterocycles. The third-order valence-corrected chi connectivity index (χ3v) is 4.30. The molecule has 1 aromatic rings. The summed E-state index contributed by atoms with van der Waals surface area (Å²) in [5.41, 5.74) is 6.35. The van der Waals surface area contributed by atoms with Crippen LogP contribution in [0, 0.1) is 11.3 Å². The SMILES string of the molecule is CC(C)Cc1cccc(SSCCNC(=N)N)n1. The normalized spacial score (nSPS) is 10.6. The molecule has 1 rings (SSSR count). The van der Waals surface area contributed by atoms with E-state index in [0.717, 1.165) is 22.9 Å². The molecule has 0 atom stereocenters. The van der Waals surface area contributed by atoms with Crippen LogP contribution in [0.2, 0.25) is 0 Å². The maximum absolute atomic E-state index is 7.03. The van der Waals surface area contributed by atoms with Crippen LogP contribution < -0.4 is 11.1 Å². The van der Waals surface area contributed by atoms with E-state index in [9.17, 15) is 0 Å². The van der Waals surface area contributed by atoms with Crippen molar-refractivity contribution in [1.82, 2.24) is 10.3 Å². The lowest BCUT2D eigenvalue weighted by atomic mass is 10.1. The van der Waals surface area contributed by atoms with Gasteiger partial charge in [0.2, 0.25) is 0 Å². The molecule has 6 heteroatoms. The van der Waals surface area contributed by atoms with Gasteiger partial charge in [0.25, 0.3) is 0 Å². The molecular weight excluding hydrogens is 264 g/mol. The third kappa shape index (κ3) is 6.76. The van der Waals surface area contributed by atoms with Gasteiger partial charge in [0.1, 0.15) is 5.03 Å². The first kappa shape index (κ1) is 15.2. The van der Waals surface area contributed by atoms with Gasteiger partial charge in [-0.25, -0.2) is 4.98 Å². The van der Waals surface area contributed by atoms with Crippen LogP contribution in [0.5, 0.6) is 0 Å². The number of hydrogen-bond donors (Lipinski definition) is 3. The molecule has 100 valence electrons. The van der Waals surface area contributed by atoms with Crippen LogP contribution in [0.1, 0.15) is 19.5 Å². The van der Waals surface area contributed by atoms with E-state index in [4.69, 9.17) is 11.1 Å². The van der Waals surface area contributed by atoms with Crippen LogP contribution in [-0.2, 0) is 6.42 Å². The molecule has 1 aromatic heterocycles. The minimum Gasteiger partial charge on any atom is -0.370 e. The van der Waals surface area contributed by atoms with E-state index >= 15 is 0 Å². The van der Waals surface area contributed by atoms with Gasteiger partial charge in [0, 0.05) is 18.0 Å². The van der Waals surface area contributed by atoms with Crippen LogP contribution in [0.25, 0.3) is 0 Å². The van der Waals surface area contributed by atoms with Crippen LogP contribution in [0.3, 0.4) is 0 Å². The van der Waals surface area contributed by atoms with Crippen molar-refractivity contribution in [3.63, 3.8) is 0 Å².